The third-order valence-corrected chi connectivity index (χ3v) is 3.38. The highest BCUT2D eigenvalue weighted by molar-refractivity contribution is 6.30. The first-order valence-corrected chi connectivity index (χ1v) is 7.18. The smallest absolute Gasteiger partial charge is 0.272 e. The summed E-state index contributed by atoms with van der Waals surface area (Å²) >= 11 is 5.92. The van der Waals surface area contributed by atoms with E-state index in [9.17, 15) is 14.5 Å². The van der Waals surface area contributed by atoms with Crippen LogP contribution < -0.4 is 4.74 Å². The molecule has 0 radical (unpaired) electrons. The predicted molar refractivity (Wildman–Crippen MR) is 84.3 cm³/mol. The van der Waals surface area contributed by atoms with Gasteiger partial charge in [-0.3, -0.25) is 10.1 Å². The molecule has 0 amide bonds. The zero-order chi connectivity index (χ0) is 17.1. The van der Waals surface area contributed by atoms with Crippen LogP contribution in [0.1, 0.15) is 5.89 Å². The minimum absolute atomic E-state index is 0.116. The Balaban J connectivity index is 1.71. The fraction of sp³-hybridized carbons (Fsp3) is 0.0625. The van der Waals surface area contributed by atoms with Crippen molar-refractivity contribution in [2.75, 3.05) is 0 Å². The molecule has 0 saturated carbocycles. The van der Waals surface area contributed by atoms with E-state index in [4.69, 9.17) is 20.8 Å². The van der Waals surface area contributed by atoms with Crippen molar-refractivity contribution in [2.24, 2.45) is 0 Å². The lowest BCUT2D eigenvalue weighted by atomic mass is 10.2. The molecule has 0 N–H and O–H groups in total. The molecule has 3 aromatic rings. The zero-order valence-corrected chi connectivity index (χ0v) is 12.9. The third-order valence-electron chi connectivity index (χ3n) is 3.14. The third kappa shape index (κ3) is 3.52. The quantitative estimate of drug-likeness (QED) is 0.496. The molecule has 8 heteroatoms. The summed E-state index contributed by atoms with van der Waals surface area (Å²) in [6.07, 6.45) is 1.51. The van der Waals surface area contributed by atoms with E-state index in [1.54, 1.807) is 18.2 Å². The molecule has 0 aliphatic rings. The molecule has 3 rings (SSSR count). The van der Waals surface area contributed by atoms with Crippen molar-refractivity contribution in [1.29, 1.82) is 0 Å². The Labute approximate surface area is 140 Å². The van der Waals surface area contributed by atoms with Gasteiger partial charge >= 0.3 is 0 Å². The molecule has 6 nitrogen and oxygen atoms in total. The van der Waals surface area contributed by atoms with Crippen LogP contribution in [0.3, 0.4) is 0 Å². The normalized spacial score (nSPS) is 10.6. The second-order valence-electron chi connectivity index (χ2n) is 4.79. The zero-order valence-electron chi connectivity index (χ0n) is 12.1. The van der Waals surface area contributed by atoms with Gasteiger partial charge in [-0.25, -0.2) is 9.37 Å². The van der Waals surface area contributed by atoms with Gasteiger partial charge in [-0.2, -0.15) is 0 Å². The highest BCUT2D eigenvalue weighted by atomic mass is 35.5. The van der Waals surface area contributed by atoms with Crippen LogP contribution in [0.15, 0.2) is 53.1 Å². The number of non-ortho nitro benzene ring substituents is 1. The topological polar surface area (TPSA) is 78.4 Å². The molecule has 0 unspecified atom stereocenters. The molecule has 2 aromatic carbocycles. The maximum Gasteiger partial charge on any atom is 0.272 e. The number of rotatable bonds is 5. The van der Waals surface area contributed by atoms with Gasteiger partial charge in [0.15, 0.2) is 23.9 Å². The Morgan fingerprint density at radius 1 is 1.29 bits per heavy atom. The molecule has 1 heterocycles. The van der Waals surface area contributed by atoms with Crippen LogP contribution in [0.4, 0.5) is 10.1 Å². The van der Waals surface area contributed by atoms with E-state index in [2.05, 4.69) is 4.98 Å². The molecule has 24 heavy (non-hydrogen) atoms. The maximum atomic E-state index is 13.7. The average molecular weight is 349 g/mol. The molecule has 0 fully saturated rings. The van der Waals surface area contributed by atoms with Crippen molar-refractivity contribution in [1.82, 2.24) is 4.98 Å². The van der Waals surface area contributed by atoms with Gasteiger partial charge in [-0.15, -0.1) is 0 Å². The van der Waals surface area contributed by atoms with E-state index in [1.807, 2.05) is 6.07 Å². The van der Waals surface area contributed by atoms with Gasteiger partial charge in [0.1, 0.15) is 0 Å². The number of halogens is 2. The highest BCUT2D eigenvalue weighted by Gasteiger charge is 2.13. The number of oxazole rings is 1. The van der Waals surface area contributed by atoms with Crippen LogP contribution >= 0.6 is 11.6 Å². The second kappa shape index (κ2) is 6.67. The van der Waals surface area contributed by atoms with E-state index >= 15 is 0 Å². The standard InChI is InChI=1S/C16H10ClFN2O4/c17-11-3-1-2-10(6-11)15-8-19-16(24-15)9-23-14-5-4-12(20(21)22)7-13(14)18/h1-8H,9H2. The largest absolute Gasteiger partial charge is 0.481 e. The van der Waals surface area contributed by atoms with E-state index < -0.39 is 10.7 Å². The molecule has 122 valence electrons. The van der Waals surface area contributed by atoms with Crippen LogP contribution in [0.25, 0.3) is 11.3 Å². The summed E-state index contributed by atoms with van der Waals surface area (Å²) in [7, 11) is 0. The van der Waals surface area contributed by atoms with E-state index in [0.717, 1.165) is 17.7 Å². The number of aromatic nitrogens is 1. The van der Waals surface area contributed by atoms with Gasteiger partial charge < -0.3 is 9.15 Å². The summed E-state index contributed by atoms with van der Waals surface area (Å²) in [6.45, 7) is -0.116. The number of ether oxygens (including phenoxy) is 1. The first-order chi connectivity index (χ1) is 11.5. The molecule has 0 spiro atoms. The van der Waals surface area contributed by atoms with Gasteiger partial charge in [-0.1, -0.05) is 23.7 Å². The number of benzene rings is 2. The van der Waals surface area contributed by atoms with E-state index in [0.29, 0.717) is 10.8 Å². The van der Waals surface area contributed by atoms with Crippen molar-refractivity contribution in [3.63, 3.8) is 0 Å². The molecule has 0 aliphatic carbocycles. The summed E-state index contributed by atoms with van der Waals surface area (Å²) in [5.41, 5.74) is 0.405. The molecule has 1 aromatic heterocycles. The predicted octanol–water partition coefficient (Wildman–Crippen LogP) is 4.62. The van der Waals surface area contributed by atoms with Crippen molar-refractivity contribution in [3.05, 3.63) is 75.5 Å². The molecule has 0 atom stereocenters. The molecule has 0 aliphatic heterocycles. The Morgan fingerprint density at radius 3 is 2.83 bits per heavy atom. The van der Waals surface area contributed by atoms with Crippen LogP contribution in [-0.2, 0) is 6.61 Å². The van der Waals surface area contributed by atoms with Crippen molar-refractivity contribution in [2.45, 2.75) is 6.61 Å². The summed E-state index contributed by atoms with van der Waals surface area (Å²) in [4.78, 5) is 13.9. The van der Waals surface area contributed by atoms with Gasteiger partial charge in [0.25, 0.3) is 5.69 Å². The molecular formula is C16H10ClFN2O4. The van der Waals surface area contributed by atoms with Gasteiger partial charge in [0, 0.05) is 16.7 Å². The summed E-state index contributed by atoms with van der Waals surface area (Å²) < 4.78 is 24.5. The highest BCUT2D eigenvalue weighted by Crippen LogP contribution is 2.25. The van der Waals surface area contributed by atoms with Crippen LogP contribution in [0, 0.1) is 15.9 Å². The van der Waals surface area contributed by atoms with E-state index in [1.165, 1.54) is 12.3 Å². The minimum atomic E-state index is -0.828. The number of hydrogen-bond acceptors (Lipinski definition) is 5. The van der Waals surface area contributed by atoms with Gasteiger partial charge in [0.2, 0.25) is 5.89 Å². The second-order valence-corrected chi connectivity index (χ2v) is 5.23. The lowest BCUT2D eigenvalue weighted by molar-refractivity contribution is -0.385. The van der Waals surface area contributed by atoms with Crippen molar-refractivity contribution >= 4 is 17.3 Å². The maximum absolute atomic E-state index is 13.7. The molecule has 0 saturated heterocycles. The van der Waals surface area contributed by atoms with E-state index in [-0.39, 0.29) is 23.9 Å². The lowest BCUT2D eigenvalue weighted by Gasteiger charge is -2.04. The lowest BCUT2D eigenvalue weighted by Crippen LogP contribution is -1.98. The minimum Gasteiger partial charge on any atom is -0.481 e. The summed E-state index contributed by atoms with van der Waals surface area (Å²) in [6, 6.07) is 10.2. The van der Waals surface area contributed by atoms with Gasteiger partial charge in [-0.05, 0) is 18.2 Å². The first kappa shape index (κ1) is 15.9. The van der Waals surface area contributed by atoms with Crippen LogP contribution in [0.5, 0.6) is 5.75 Å². The SMILES string of the molecule is O=[N+]([O-])c1ccc(OCc2ncc(-c3cccc(Cl)c3)o2)c(F)c1. The van der Waals surface area contributed by atoms with Crippen molar-refractivity contribution < 1.29 is 18.5 Å². The van der Waals surface area contributed by atoms with Gasteiger partial charge in [0.05, 0.1) is 17.2 Å². The number of nitrogens with zero attached hydrogens (tertiary/aromatic N) is 2. The Bertz CT molecular complexity index is 897. The fourth-order valence-electron chi connectivity index (χ4n) is 2.01. The summed E-state index contributed by atoms with van der Waals surface area (Å²) in [5.74, 6) is -0.211. The Morgan fingerprint density at radius 2 is 2.12 bits per heavy atom. The van der Waals surface area contributed by atoms with Crippen LogP contribution in [0.2, 0.25) is 5.02 Å². The monoisotopic (exact) mass is 348 g/mol. The Hall–Kier alpha value is -2.93. The number of hydrogen-bond donors (Lipinski definition) is 0. The molecular weight excluding hydrogens is 339 g/mol. The van der Waals surface area contributed by atoms with Crippen molar-refractivity contribution in [3.8, 4) is 17.1 Å². The average Bonchev–Trinajstić information content (AvgIpc) is 3.02. The number of nitro groups is 1. The first-order valence-electron chi connectivity index (χ1n) is 6.80. The fourth-order valence-corrected chi connectivity index (χ4v) is 2.20. The number of nitro benzene ring substituents is 1. The Kier molecular flexibility index (Phi) is 4.43. The van der Waals surface area contributed by atoms with Crippen LogP contribution in [-0.4, -0.2) is 9.91 Å². The molecule has 0 bridgehead atoms. The summed E-state index contributed by atoms with van der Waals surface area (Å²) in [5, 5.41) is 11.1.